The van der Waals surface area contributed by atoms with E-state index in [1.54, 1.807) is 0 Å². The molecule has 1 aromatic carbocycles. The predicted octanol–water partition coefficient (Wildman–Crippen LogP) is 1.68. The van der Waals surface area contributed by atoms with E-state index < -0.39 is 0 Å². The SMILES string of the molecule is NC(=NC1CC1Cc1ccccc1)NC1CC1. The van der Waals surface area contributed by atoms with E-state index in [1.165, 1.54) is 24.8 Å². The van der Waals surface area contributed by atoms with Gasteiger partial charge >= 0.3 is 0 Å². The van der Waals surface area contributed by atoms with Crippen LogP contribution in [0.5, 0.6) is 0 Å². The lowest BCUT2D eigenvalue weighted by Crippen LogP contribution is -2.33. The zero-order valence-electron chi connectivity index (χ0n) is 9.97. The summed E-state index contributed by atoms with van der Waals surface area (Å²) in [6.07, 6.45) is 4.80. The fraction of sp³-hybridized carbons (Fsp3) is 0.500. The maximum atomic E-state index is 5.85. The standard InChI is InChI=1S/C14H19N3/c15-14(16-12-6-7-12)17-13-9-11(13)8-10-4-2-1-3-5-10/h1-5,11-13H,6-9H2,(H3,15,16,17). The maximum Gasteiger partial charge on any atom is 0.189 e. The van der Waals surface area contributed by atoms with E-state index in [1.807, 2.05) is 0 Å². The second kappa shape index (κ2) is 4.40. The topological polar surface area (TPSA) is 50.4 Å². The highest BCUT2D eigenvalue weighted by Crippen LogP contribution is 2.36. The van der Waals surface area contributed by atoms with Crippen LogP contribution in [0.3, 0.4) is 0 Å². The monoisotopic (exact) mass is 229 g/mol. The Labute approximate surface area is 102 Å². The van der Waals surface area contributed by atoms with Gasteiger partial charge in [-0.15, -0.1) is 0 Å². The molecule has 2 aliphatic rings. The smallest absolute Gasteiger partial charge is 0.189 e. The van der Waals surface area contributed by atoms with Crippen molar-refractivity contribution in [2.24, 2.45) is 16.6 Å². The summed E-state index contributed by atoms with van der Waals surface area (Å²) in [4.78, 5) is 4.53. The molecule has 3 nitrogen and oxygen atoms in total. The van der Waals surface area contributed by atoms with E-state index in [2.05, 4.69) is 40.6 Å². The molecule has 2 atom stereocenters. The minimum absolute atomic E-state index is 0.446. The Hall–Kier alpha value is -1.51. The third-order valence-electron chi connectivity index (χ3n) is 3.46. The van der Waals surface area contributed by atoms with E-state index in [-0.39, 0.29) is 0 Å². The van der Waals surface area contributed by atoms with Crippen molar-refractivity contribution in [3.05, 3.63) is 35.9 Å². The Kier molecular flexibility index (Phi) is 2.75. The van der Waals surface area contributed by atoms with E-state index >= 15 is 0 Å². The first kappa shape index (κ1) is 10.6. The second-order valence-electron chi connectivity index (χ2n) is 5.19. The summed E-state index contributed by atoms with van der Waals surface area (Å²) in [5.41, 5.74) is 7.26. The molecule has 2 aliphatic carbocycles. The van der Waals surface area contributed by atoms with Crippen LogP contribution < -0.4 is 11.1 Å². The second-order valence-corrected chi connectivity index (χ2v) is 5.19. The summed E-state index contributed by atoms with van der Waals surface area (Å²) in [5, 5.41) is 3.24. The van der Waals surface area contributed by atoms with Crippen LogP contribution in [-0.4, -0.2) is 18.0 Å². The number of hydrogen-bond donors (Lipinski definition) is 2. The quantitative estimate of drug-likeness (QED) is 0.609. The summed E-state index contributed by atoms with van der Waals surface area (Å²) >= 11 is 0. The molecule has 2 saturated carbocycles. The van der Waals surface area contributed by atoms with Crippen molar-refractivity contribution in [1.29, 1.82) is 0 Å². The van der Waals surface area contributed by atoms with Gasteiger partial charge in [-0.3, -0.25) is 0 Å². The number of rotatable bonds is 4. The molecule has 0 saturated heterocycles. The van der Waals surface area contributed by atoms with Gasteiger partial charge in [0.2, 0.25) is 0 Å². The first-order chi connectivity index (χ1) is 8.31. The third-order valence-corrected chi connectivity index (χ3v) is 3.46. The van der Waals surface area contributed by atoms with E-state index in [4.69, 9.17) is 5.73 Å². The Bertz CT molecular complexity index is 409. The Morgan fingerprint density at radius 3 is 2.76 bits per heavy atom. The number of guanidine groups is 1. The molecule has 3 N–H and O–H groups in total. The Morgan fingerprint density at radius 2 is 2.06 bits per heavy atom. The van der Waals surface area contributed by atoms with Gasteiger partial charge in [-0.1, -0.05) is 30.3 Å². The maximum absolute atomic E-state index is 5.85. The lowest BCUT2D eigenvalue weighted by Gasteiger charge is -2.02. The summed E-state index contributed by atoms with van der Waals surface area (Å²) in [6, 6.07) is 11.7. The Balaban J connectivity index is 1.49. The molecule has 0 amide bonds. The largest absolute Gasteiger partial charge is 0.370 e. The number of hydrogen-bond acceptors (Lipinski definition) is 1. The molecule has 90 valence electrons. The van der Waals surface area contributed by atoms with Crippen LogP contribution in [0.1, 0.15) is 24.8 Å². The number of nitrogens with zero attached hydrogens (tertiary/aromatic N) is 1. The molecule has 0 spiro atoms. The molecule has 0 aromatic heterocycles. The van der Waals surface area contributed by atoms with Gasteiger partial charge < -0.3 is 11.1 Å². The first-order valence-corrected chi connectivity index (χ1v) is 6.45. The fourth-order valence-electron chi connectivity index (χ4n) is 2.18. The van der Waals surface area contributed by atoms with Gasteiger partial charge in [0, 0.05) is 6.04 Å². The summed E-state index contributed by atoms with van der Waals surface area (Å²) in [5.74, 6) is 1.34. The van der Waals surface area contributed by atoms with Crippen molar-refractivity contribution in [3.63, 3.8) is 0 Å². The minimum atomic E-state index is 0.446. The minimum Gasteiger partial charge on any atom is -0.370 e. The number of aliphatic imine (C=N–C) groups is 1. The summed E-state index contributed by atoms with van der Waals surface area (Å²) in [6.45, 7) is 0. The molecular formula is C14H19N3. The van der Waals surface area contributed by atoms with E-state index in [0.29, 0.717) is 24.0 Å². The Morgan fingerprint density at radius 1 is 1.29 bits per heavy atom. The van der Waals surface area contributed by atoms with E-state index in [9.17, 15) is 0 Å². The normalized spacial score (nSPS) is 27.9. The molecule has 1 aromatic rings. The van der Waals surface area contributed by atoms with Crippen LogP contribution in [0.15, 0.2) is 35.3 Å². The molecule has 3 rings (SSSR count). The van der Waals surface area contributed by atoms with Crippen LogP contribution in [0.25, 0.3) is 0 Å². The van der Waals surface area contributed by atoms with Gasteiger partial charge in [-0.25, -0.2) is 4.99 Å². The van der Waals surface area contributed by atoms with Gasteiger partial charge in [0.05, 0.1) is 6.04 Å². The molecule has 3 heteroatoms. The summed E-state index contributed by atoms with van der Waals surface area (Å²) in [7, 11) is 0. The van der Waals surface area contributed by atoms with Crippen molar-refractivity contribution in [2.45, 2.75) is 37.8 Å². The zero-order valence-corrected chi connectivity index (χ0v) is 9.97. The van der Waals surface area contributed by atoms with Gasteiger partial charge in [0.15, 0.2) is 5.96 Å². The molecule has 2 fully saturated rings. The lowest BCUT2D eigenvalue weighted by atomic mass is 10.1. The van der Waals surface area contributed by atoms with Crippen molar-refractivity contribution in [2.75, 3.05) is 0 Å². The van der Waals surface area contributed by atoms with Gasteiger partial charge in [0.1, 0.15) is 0 Å². The van der Waals surface area contributed by atoms with Crippen LogP contribution in [-0.2, 0) is 6.42 Å². The van der Waals surface area contributed by atoms with Crippen LogP contribution >= 0.6 is 0 Å². The van der Waals surface area contributed by atoms with E-state index in [0.717, 1.165) is 6.42 Å². The predicted molar refractivity (Wildman–Crippen MR) is 69.8 cm³/mol. The molecule has 0 heterocycles. The highest BCUT2D eigenvalue weighted by molar-refractivity contribution is 5.78. The lowest BCUT2D eigenvalue weighted by molar-refractivity contribution is 0.778. The summed E-state index contributed by atoms with van der Waals surface area (Å²) < 4.78 is 0. The molecule has 0 radical (unpaired) electrons. The highest BCUT2D eigenvalue weighted by Gasteiger charge is 2.37. The molecular weight excluding hydrogens is 210 g/mol. The van der Waals surface area contributed by atoms with Gasteiger partial charge in [-0.2, -0.15) is 0 Å². The molecule has 0 aliphatic heterocycles. The molecule has 17 heavy (non-hydrogen) atoms. The number of nitrogens with one attached hydrogen (secondary N) is 1. The van der Waals surface area contributed by atoms with Crippen molar-refractivity contribution < 1.29 is 0 Å². The van der Waals surface area contributed by atoms with Gasteiger partial charge in [-0.05, 0) is 37.2 Å². The highest BCUT2D eigenvalue weighted by atomic mass is 15.1. The zero-order chi connectivity index (χ0) is 11.7. The number of nitrogens with two attached hydrogens (primary N) is 1. The molecule has 2 unspecified atom stereocenters. The van der Waals surface area contributed by atoms with Crippen LogP contribution in [0, 0.1) is 5.92 Å². The average Bonchev–Trinajstić information content (AvgIpc) is 3.21. The van der Waals surface area contributed by atoms with Gasteiger partial charge in [0.25, 0.3) is 0 Å². The van der Waals surface area contributed by atoms with Crippen LogP contribution in [0.2, 0.25) is 0 Å². The van der Waals surface area contributed by atoms with Crippen molar-refractivity contribution >= 4 is 5.96 Å². The third kappa shape index (κ3) is 2.99. The number of benzene rings is 1. The average molecular weight is 229 g/mol. The fourth-order valence-corrected chi connectivity index (χ4v) is 2.18. The first-order valence-electron chi connectivity index (χ1n) is 6.45. The van der Waals surface area contributed by atoms with Crippen molar-refractivity contribution in [1.82, 2.24) is 5.32 Å². The van der Waals surface area contributed by atoms with Crippen molar-refractivity contribution in [3.8, 4) is 0 Å². The molecule has 0 bridgehead atoms. The van der Waals surface area contributed by atoms with Crippen LogP contribution in [0.4, 0.5) is 0 Å².